The number of benzene rings is 2. The van der Waals surface area contributed by atoms with E-state index in [0.717, 1.165) is 17.7 Å². The van der Waals surface area contributed by atoms with Gasteiger partial charge in [-0.2, -0.15) is 0 Å². The molecule has 7 heteroatoms. The molecule has 0 fully saturated rings. The Balaban J connectivity index is 1.41. The lowest BCUT2D eigenvalue weighted by Crippen LogP contribution is -2.26. The van der Waals surface area contributed by atoms with E-state index in [1.807, 2.05) is 30.3 Å². The van der Waals surface area contributed by atoms with E-state index in [0.29, 0.717) is 30.2 Å². The Bertz CT molecular complexity index is 1070. The van der Waals surface area contributed by atoms with Crippen LogP contribution in [0.5, 0.6) is 11.5 Å². The molecule has 1 aromatic heterocycles. The molecule has 1 unspecified atom stereocenters. The molecule has 1 aliphatic rings. The van der Waals surface area contributed by atoms with Gasteiger partial charge in [0.2, 0.25) is 0 Å². The van der Waals surface area contributed by atoms with Gasteiger partial charge >= 0.3 is 5.97 Å². The van der Waals surface area contributed by atoms with Crippen LogP contribution in [0.4, 0.5) is 5.69 Å². The topological polar surface area (TPSA) is 101 Å². The largest absolute Gasteiger partial charge is 0.481 e. The van der Waals surface area contributed by atoms with E-state index < -0.39 is 11.9 Å². The number of aromatic nitrogens is 1. The second-order valence-corrected chi connectivity index (χ2v) is 6.99. The minimum atomic E-state index is -0.878. The van der Waals surface area contributed by atoms with Crippen LogP contribution < -0.4 is 15.4 Å². The van der Waals surface area contributed by atoms with Crippen molar-refractivity contribution in [1.82, 2.24) is 10.3 Å². The Labute approximate surface area is 173 Å². The lowest BCUT2D eigenvalue weighted by molar-refractivity contribution is -0.138. The first-order chi connectivity index (χ1) is 14.6. The number of carboxylic acid groups (broad SMARTS) is 1. The number of hydrogen-bond acceptors (Lipinski definition) is 5. The highest BCUT2D eigenvalue weighted by Crippen LogP contribution is 2.35. The minimum Gasteiger partial charge on any atom is -0.481 e. The van der Waals surface area contributed by atoms with Gasteiger partial charge in [0.25, 0.3) is 5.91 Å². The molecule has 0 spiro atoms. The molecule has 1 amide bonds. The van der Waals surface area contributed by atoms with Gasteiger partial charge in [-0.15, -0.1) is 0 Å². The highest BCUT2D eigenvalue weighted by atomic mass is 16.5. The summed E-state index contributed by atoms with van der Waals surface area (Å²) < 4.78 is 5.86. The van der Waals surface area contributed by atoms with Gasteiger partial charge in [0, 0.05) is 31.0 Å². The number of anilines is 1. The standard InChI is InChI=1S/C23H21N3O4/c27-22(25-10-8-15-4-2-1-3-5-15)21-13-17(9-11-24-21)30-16-6-7-20-18(12-16)19(14-26-20)23(28)29/h1-7,9,11-13,19,26H,8,10,14H2,(H,25,27)(H,28,29). The number of ether oxygens (including phenoxy) is 1. The van der Waals surface area contributed by atoms with E-state index in [4.69, 9.17) is 4.74 Å². The Morgan fingerprint density at radius 2 is 1.90 bits per heavy atom. The Morgan fingerprint density at radius 1 is 1.10 bits per heavy atom. The molecule has 0 saturated carbocycles. The first-order valence-electron chi connectivity index (χ1n) is 9.67. The summed E-state index contributed by atoms with van der Waals surface area (Å²) in [5.74, 6) is -0.800. The second-order valence-electron chi connectivity index (χ2n) is 6.99. The number of pyridine rings is 1. The molecule has 0 radical (unpaired) electrons. The van der Waals surface area contributed by atoms with Crippen LogP contribution in [-0.2, 0) is 11.2 Å². The Hall–Kier alpha value is -3.87. The molecule has 1 atom stereocenters. The molecule has 3 N–H and O–H groups in total. The summed E-state index contributed by atoms with van der Waals surface area (Å²) in [5, 5.41) is 15.3. The van der Waals surface area contributed by atoms with Crippen molar-refractivity contribution in [3.8, 4) is 11.5 Å². The summed E-state index contributed by atoms with van der Waals surface area (Å²) in [7, 11) is 0. The highest BCUT2D eigenvalue weighted by Gasteiger charge is 2.28. The number of nitrogens with zero attached hydrogens (tertiary/aromatic N) is 1. The quantitative estimate of drug-likeness (QED) is 0.559. The van der Waals surface area contributed by atoms with Crippen LogP contribution in [-0.4, -0.2) is 35.1 Å². The molecule has 152 valence electrons. The van der Waals surface area contributed by atoms with Crippen LogP contribution in [0.2, 0.25) is 0 Å². The predicted octanol–water partition coefficient (Wildman–Crippen LogP) is 3.44. The summed E-state index contributed by atoms with van der Waals surface area (Å²) in [5.41, 5.74) is 2.89. The third-order valence-electron chi connectivity index (χ3n) is 4.93. The van der Waals surface area contributed by atoms with Gasteiger partial charge in [-0.1, -0.05) is 30.3 Å². The normalized spacial score (nSPS) is 14.5. The molecule has 4 rings (SSSR count). The van der Waals surface area contributed by atoms with E-state index in [1.54, 1.807) is 30.3 Å². The molecule has 1 aliphatic heterocycles. The van der Waals surface area contributed by atoms with Gasteiger partial charge in [0.05, 0.1) is 0 Å². The van der Waals surface area contributed by atoms with E-state index in [2.05, 4.69) is 15.6 Å². The zero-order valence-electron chi connectivity index (χ0n) is 16.2. The van der Waals surface area contributed by atoms with Crippen molar-refractivity contribution in [3.05, 3.63) is 83.7 Å². The lowest BCUT2D eigenvalue weighted by Gasteiger charge is -2.10. The van der Waals surface area contributed by atoms with Crippen molar-refractivity contribution in [3.63, 3.8) is 0 Å². The Kier molecular flexibility index (Phi) is 5.61. The summed E-state index contributed by atoms with van der Waals surface area (Å²) in [6, 6.07) is 18.4. The molecule has 0 saturated heterocycles. The molecular formula is C23H21N3O4. The minimum absolute atomic E-state index is 0.256. The van der Waals surface area contributed by atoms with E-state index in [1.165, 1.54) is 6.20 Å². The van der Waals surface area contributed by atoms with Gasteiger partial charge in [-0.05, 0) is 41.8 Å². The number of carbonyl (C=O) groups is 2. The summed E-state index contributed by atoms with van der Waals surface area (Å²) in [6.07, 6.45) is 2.24. The number of nitrogens with one attached hydrogen (secondary N) is 2. The van der Waals surface area contributed by atoms with Crippen LogP contribution in [0.1, 0.15) is 27.5 Å². The number of fused-ring (bicyclic) bond motifs is 1. The summed E-state index contributed by atoms with van der Waals surface area (Å²) in [6.45, 7) is 0.862. The summed E-state index contributed by atoms with van der Waals surface area (Å²) in [4.78, 5) is 27.9. The van der Waals surface area contributed by atoms with Crippen molar-refractivity contribution in [1.29, 1.82) is 0 Å². The number of aliphatic carboxylic acids is 1. The first kappa shape index (κ1) is 19.4. The average molecular weight is 403 g/mol. The number of amides is 1. The summed E-state index contributed by atoms with van der Waals surface area (Å²) >= 11 is 0. The number of carbonyl (C=O) groups excluding carboxylic acids is 1. The van der Waals surface area contributed by atoms with Crippen molar-refractivity contribution in [2.45, 2.75) is 12.3 Å². The molecule has 30 heavy (non-hydrogen) atoms. The molecule has 7 nitrogen and oxygen atoms in total. The molecule has 2 heterocycles. The lowest BCUT2D eigenvalue weighted by atomic mass is 10.0. The van der Waals surface area contributed by atoms with Gasteiger partial charge < -0.3 is 20.5 Å². The van der Waals surface area contributed by atoms with Crippen LogP contribution >= 0.6 is 0 Å². The van der Waals surface area contributed by atoms with Crippen molar-refractivity contribution in [2.75, 3.05) is 18.4 Å². The van der Waals surface area contributed by atoms with Crippen LogP contribution in [0.25, 0.3) is 0 Å². The predicted molar refractivity (Wildman–Crippen MR) is 112 cm³/mol. The molecule has 0 bridgehead atoms. The number of hydrogen-bond donors (Lipinski definition) is 3. The van der Waals surface area contributed by atoms with Gasteiger partial charge in [0.15, 0.2) is 0 Å². The van der Waals surface area contributed by atoms with Gasteiger partial charge in [-0.3, -0.25) is 14.6 Å². The molecule has 2 aromatic carbocycles. The number of carboxylic acids is 1. The maximum Gasteiger partial charge on any atom is 0.312 e. The van der Waals surface area contributed by atoms with Crippen LogP contribution in [0.3, 0.4) is 0 Å². The van der Waals surface area contributed by atoms with Gasteiger partial charge in [0.1, 0.15) is 23.1 Å². The molecular weight excluding hydrogens is 382 g/mol. The maximum atomic E-state index is 12.4. The smallest absolute Gasteiger partial charge is 0.312 e. The van der Waals surface area contributed by atoms with E-state index in [-0.39, 0.29) is 11.6 Å². The van der Waals surface area contributed by atoms with Gasteiger partial charge in [-0.25, -0.2) is 0 Å². The fourth-order valence-corrected chi connectivity index (χ4v) is 3.39. The van der Waals surface area contributed by atoms with E-state index >= 15 is 0 Å². The zero-order chi connectivity index (χ0) is 20.9. The number of rotatable bonds is 7. The van der Waals surface area contributed by atoms with Crippen LogP contribution in [0.15, 0.2) is 66.9 Å². The third kappa shape index (κ3) is 4.41. The fraction of sp³-hybridized carbons (Fsp3) is 0.174. The molecule has 0 aliphatic carbocycles. The highest BCUT2D eigenvalue weighted by molar-refractivity contribution is 5.92. The fourth-order valence-electron chi connectivity index (χ4n) is 3.39. The third-order valence-corrected chi connectivity index (χ3v) is 4.93. The monoisotopic (exact) mass is 403 g/mol. The molecule has 3 aromatic rings. The first-order valence-corrected chi connectivity index (χ1v) is 9.67. The SMILES string of the molecule is O=C(NCCc1ccccc1)c1cc(Oc2ccc3c(c2)C(C(=O)O)CN3)ccn1. The van der Waals surface area contributed by atoms with Crippen molar-refractivity contribution < 1.29 is 19.4 Å². The van der Waals surface area contributed by atoms with Crippen molar-refractivity contribution >= 4 is 17.6 Å². The average Bonchev–Trinajstić information content (AvgIpc) is 3.18. The van der Waals surface area contributed by atoms with Crippen LogP contribution in [0, 0.1) is 0 Å². The maximum absolute atomic E-state index is 12.4. The zero-order valence-corrected chi connectivity index (χ0v) is 16.2. The Morgan fingerprint density at radius 3 is 2.70 bits per heavy atom. The second kappa shape index (κ2) is 8.65. The van der Waals surface area contributed by atoms with E-state index in [9.17, 15) is 14.7 Å². The van der Waals surface area contributed by atoms with Crippen molar-refractivity contribution in [2.24, 2.45) is 0 Å².